The molecule has 1 aliphatic heterocycles. The monoisotopic (exact) mass is 343 g/mol. The molecule has 8 heteroatoms. The second-order valence-corrected chi connectivity index (χ2v) is 5.96. The lowest BCUT2D eigenvalue weighted by atomic mass is 10.1. The summed E-state index contributed by atoms with van der Waals surface area (Å²) in [7, 11) is 0. The standard InChI is InChI=1S/C14H12ClF2N3OS/c15-9-1-2-10(16)7(12(9)17)5-20-4-3-11-8(6-20)13(21)19-14(22)18-11/h1-2H,3-6H2,(H2,18,19,21,22). The van der Waals surface area contributed by atoms with E-state index in [1.54, 1.807) is 4.90 Å². The van der Waals surface area contributed by atoms with Crippen molar-refractivity contribution in [2.24, 2.45) is 0 Å². The zero-order chi connectivity index (χ0) is 15.9. The van der Waals surface area contributed by atoms with E-state index in [1.165, 1.54) is 6.07 Å². The van der Waals surface area contributed by atoms with Crippen molar-refractivity contribution in [3.8, 4) is 0 Å². The van der Waals surface area contributed by atoms with E-state index in [2.05, 4.69) is 9.97 Å². The van der Waals surface area contributed by atoms with E-state index < -0.39 is 11.6 Å². The minimum atomic E-state index is -0.756. The largest absolute Gasteiger partial charge is 0.335 e. The number of halogens is 3. The number of rotatable bonds is 2. The maximum Gasteiger partial charge on any atom is 0.256 e. The molecule has 0 atom stereocenters. The Balaban J connectivity index is 1.89. The molecule has 1 aromatic carbocycles. The number of benzene rings is 1. The smallest absolute Gasteiger partial charge is 0.256 e. The number of hydrogen-bond donors (Lipinski definition) is 2. The molecule has 4 nitrogen and oxygen atoms in total. The predicted octanol–water partition coefficient (Wildman–Crippen LogP) is 2.92. The molecule has 2 aromatic rings. The third-order valence-electron chi connectivity index (χ3n) is 3.71. The molecule has 22 heavy (non-hydrogen) atoms. The summed E-state index contributed by atoms with van der Waals surface area (Å²) in [6, 6.07) is 2.33. The second kappa shape index (κ2) is 5.91. The average Bonchev–Trinajstić information content (AvgIpc) is 2.48. The van der Waals surface area contributed by atoms with E-state index in [-0.39, 0.29) is 27.5 Å². The summed E-state index contributed by atoms with van der Waals surface area (Å²) in [5, 5.41) is -0.115. The highest BCUT2D eigenvalue weighted by molar-refractivity contribution is 7.71. The summed E-state index contributed by atoms with van der Waals surface area (Å²) in [5.41, 5.74) is 0.964. The third-order valence-corrected chi connectivity index (χ3v) is 4.21. The van der Waals surface area contributed by atoms with Crippen LogP contribution in [0.3, 0.4) is 0 Å². The summed E-state index contributed by atoms with van der Waals surface area (Å²) < 4.78 is 28.0. The molecule has 0 spiro atoms. The average molecular weight is 344 g/mol. The summed E-state index contributed by atoms with van der Waals surface area (Å²) in [6.07, 6.45) is 0.562. The Bertz CT molecular complexity index is 849. The van der Waals surface area contributed by atoms with Gasteiger partial charge in [-0.3, -0.25) is 14.7 Å². The molecule has 1 aromatic heterocycles. The normalized spacial score (nSPS) is 14.9. The van der Waals surface area contributed by atoms with Crippen LogP contribution in [-0.2, 0) is 19.5 Å². The van der Waals surface area contributed by atoms with Gasteiger partial charge in [0.25, 0.3) is 5.56 Å². The lowest BCUT2D eigenvalue weighted by Crippen LogP contribution is -2.35. The van der Waals surface area contributed by atoms with Crippen LogP contribution in [0.1, 0.15) is 16.8 Å². The molecule has 1 aliphatic rings. The van der Waals surface area contributed by atoms with Crippen molar-refractivity contribution in [2.75, 3.05) is 6.54 Å². The molecule has 2 heterocycles. The molecule has 0 radical (unpaired) electrons. The van der Waals surface area contributed by atoms with Gasteiger partial charge in [-0.1, -0.05) is 11.6 Å². The van der Waals surface area contributed by atoms with Crippen LogP contribution in [0.2, 0.25) is 5.02 Å². The lowest BCUT2D eigenvalue weighted by Gasteiger charge is -2.28. The van der Waals surface area contributed by atoms with Gasteiger partial charge >= 0.3 is 0 Å². The number of H-pyrrole nitrogens is 2. The zero-order valence-electron chi connectivity index (χ0n) is 11.4. The van der Waals surface area contributed by atoms with Crippen molar-refractivity contribution in [1.29, 1.82) is 0 Å². The predicted molar refractivity (Wildman–Crippen MR) is 81.4 cm³/mol. The minimum Gasteiger partial charge on any atom is -0.335 e. The van der Waals surface area contributed by atoms with Crippen LogP contribution in [-0.4, -0.2) is 21.4 Å². The maximum absolute atomic E-state index is 14.0. The highest BCUT2D eigenvalue weighted by Gasteiger charge is 2.22. The number of hydrogen-bond acceptors (Lipinski definition) is 3. The summed E-state index contributed by atoms with van der Waals surface area (Å²) in [4.78, 5) is 19.2. The lowest BCUT2D eigenvalue weighted by molar-refractivity contribution is 0.234. The minimum absolute atomic E-state index is 0.0483. The van der Waals surface area contributed by atoms with E-state index in [0.717, 1.165) is 11.8 Å². The fourth-order valence-electron chi connectivity index (χ4n) is 2.59. The van der Waals surface area contributed by atoms with Gasteiger partial charge in [-0.05, 0) is 24.4 Å². The summed E-state index contributed by atoms with van der Waals surface area (Å²) >= 11 is 10.6. The first kappa shape index (κ1) is 15.3. The highest BCUT2D eigenvalue weighted by atomic mass is 35.5. The van der Waals surface area contributed by atoms with Crippen molar-refractivity contribution in [3.05, 3.63) is 60.7 Å². The Morgan fingerprint density at radius 1 is 1.32 bits per heavy atom. The van der Waals surface area contributed by atoms with Crippen LogP contribution in [0.15, 0.2) is 16.9 Å². The quantitative estimate of drug-likeness (QED) is 0.651. The maximum atomic E-state index is 14.0. The summed E-state index contributed by atoms with van der Waals surface area (Å²) in [6.45, 7) is 0.905. The van der Waals surface area contributed by atoms with Crippen molar-refractivity contribution >= 4 is 23.8 Å². The van der Waals surface area contributed by atoms with Gasteiger partial charge in [-0.25, -0.2) is 8.78 Å². The summed E-state index contributed by atoms with van der Waals surface area (Å²) in [5.74, 6) is -1.40. The molecule has 0 saturated carbocycles. The van der Waals surface area contributed by atoms with Gasteiger partial charge in [0, 0.05) is 37.3 Å². The molecule has 0 amide bonds. The molecule has 0 fully saturated rings. The van der Waals surface area contributed by atoms with Crippen molar-refractivity contribution in [1.82, 2.24) is 14.9 Å². The fourth-order valence-corrected chi connectivity index (χ4v) is 2.98. The SMILES string of the molecule is O=c1[nH]c(=S)[nH]c2c1CN(Cc1c(F)ccc(Cl)c1F)CC2. The highest BCUT2D eigenvalue weighted by Crippen LogP contribution is 2.24. The first-order valence-corrected chi connectivity index (χ1v) is 7.43. The molecule has 0 unspecified atom stereocenters. The molecular formula is C14H12ClF2N3OS. The second-order valence-electron chi connectivity index (χ2n) is 5.15. The Morgan fingerprint density at radius 2 is 2.09 bits per heavy atom. The van der Waals surface area contributed by atoms with Gasteiger partial charge in [0.15, 0.2) is 4.77 Å². The van der Waals surface area contributed by atoms with Gasteiger partial charge < -0.3 is 4.98 Å². The Hall–Kier alpha value is -1.57. The number of nitrogens with one attached hydrogen (secondary N) is 2. The van der Waals surface area contributed by atoms with Crippen LogP contribution in [0.5, 0.6) is 0 Å². The van der Waals surface area contributed by atoms with E-state index in [1.807, 2.05) is 0 Å². The van der Waals surface area contributed by atoms with E-state index in [0.29, 0.717) is 25.1 Å². The van der Waals surface area contributed by atoms with Crippen LogP contribution in [0.25, 0.3) is 0 Å². The number of nitrogens with zero attached hydrogens (tertiary/aromatic N) is 1. The molecule has 116 valence electrons. The molecule has 2 N–H and O–H groups in total. The van der Waals surface area contributed by atoms with E-state index in [9.17, 15) is 13.6 Å². The van der Waals surface area contributed by atoms with Gasteiger partial charge in [-0.2, -0.15) is 0 Å². The van der Waals surface area contributed by atoms with Crippen LogP contribution >= 0.6 is 23.8 Å². The number of fused-ring (bicyclic) bond motifs is 1. The number of aromatic nitrogens is 2. The van der Waals surface area contributed by atoms with Crippen molar-refractivity contribution < 1.29 is 8.78 Å². The van der Waals surface area contributed by atoms with Gasteiger partial charge in [-0.15, -0.1) is 0 Å². The Labute approximate surface area is 134 Å². The molecule has 0 bridgehead atoms. The van der Waals surface area contributed by atoms with E-state index in [4.69, 9.17) is 23.8 Å². The molecule has 3 rings (SSSR count). The van der Waals surface area contributed by atoms with Crippen LogP contribution in [0, 0.1) is 16.4 Å². The van der Waals surface area contributed by atoms with E-state index >= 15 is 0 Å². The first-order chi connectivity index (χ1) is 10.5. The van der Waals surface area contributed by atoms with Crippen LogP contribution < -0.4 is 5.56 Å². The van der Waals surface area contributed by atoms with Crippen molar-refractivity contribution in [2.45, 2.75) is 19.5 Å². The molecule has 0 saturated heterocycles. The van der Waals surface area contributed by atoms with Gasteiger partial charge in [0.05, 0.1) is 10.6 Å². The Morgan fingerprint density at radius 3 is 2.86 bits per heavy atom. The fraction of sp³-hybridized carbons (Fsp3) is 0.286. The molecular weight excluding hydrogens is 332 g/mol. The van der Waals surface area contributed by atoms with Gasteiger partial charge in [0.1, 0.15) is 11.6 Å². The first-order valence-electron chi connectivity index (χ1n) is 6.65. The Kier molecular flexibility index (Phi) is 4.12. The topological polar surface area (TPSA) is 51.9 Å². The number of aromatic amines is 2. The molecule has 0 aliphatic carbocycles. The third kappa shape index (κ3) is 2.84. The van der Waals surface area contributed by atoms with Crippen molar-refractivity contribution in [3.63, 3.8) is 0 Å². The zero-order valence-corrected chi connectivity index (χ0v) is 13.0. The van der Waals surface area contributed by atoms with Gasteiger partial charge in [0.2, 0.25) is 0 Å². The van der Waals surface area contributed by atoms with Crippen LogP contribution in [0.4, 0.5) is 8.78 Å².